The molecule has 2 rings (SSSR count). The summed E-state index contributed by atoms with van der Waals surface area (Å²) in [5, 5.41) is 10.5. The van der Waals surface area contributed by atoms with Crippen molar-refractivity contribution >= 4 is 17.5 Å². The van der Waals surface area contributed by atoms with Gasteiger partial charge in [0.25, 0.3) is 0 Å². The number of amides is 2. The van der Waals surface area contributed by atoms with Crippen LogP contribution >= 0.6 is 0 Å². The van der Waals surface area contributed by atoms with Gasteiger partial charge in [0, 0.05) is 32.7 Å². The zero-order valence-corrected chi connectivity index (χ0v) is 10.7. The Labute approximate surface area is 113 Å². The van der Waals surface area contributed by atoms with E-state index in [-0.39, 0.29) is 6.54 Å². The van der Waals surface area contributed by atoms with E-state index in [2.05, 4.69) is 0 Å². The third kappa shape index (κ3) is 2.58. The van der Waals surface area contributed by atoms with Crippen LogP contribution in [0.1, 0.15) is 5.56 Å². The van der Waals surface area contributed by atoms with E-state index in [0.29, 0.717) is 18.7 Å². The fourth-order valence-electron chi connectivity index (χ4n) is 1.94. The largest absolute Gasteiger partial charge is 0.336 e. The lowest BCUT2D eigenvalue weighted by molar-refractivity contribution is -0.387. The standard InChI is InChI=1S/C12H12FN3O4/c1-14-4-5-15(12(18)11(14)17)7-8-2-3-10(16(19)20)9(13)6-8/h2-3,6H,4-5,7H2,1H3. The molecule has 1 aromatic carbocycles. The Bertz CT molecular complexity index is 590. The van der Waals surface area contributed by atoms with Gasteiger partial charge in [-0.15, -0.1) is 0 Å². The lowest BCUT2D eigenvalue weighted by Gasteiger charge is -2.31. The number of nitrogens with zero attached hydrogens (tertiary/aromatic N) is 3. The van der Waals surface area contributed by atoms with E-state index < -0.39 is 28.2 Å². The Kier molecular flexibility index (Phi) is 3.64. The Morgan fingerprint density at radius 1 is 1.30 bits per heavy atom. The number of benzene rings is 1. The summed E-state index contributed by atoms with van der Waals surface area (Å²) in [5.41, 5.74) is -0.215. The Hall–Kier alpha value is -2.51. The zero-order valence-electron chi connectivity index (χ0n) is 10.7. The maximum Gasteiger partial charge on any atom is 0.312 e. The minimum absolute atomic E-state index is 0.0489. The van der Waals surface area contributed by atoms with Crippen molar-refractivity contribution in [2.45, 2.75) is 6.54 Å². The molecule has 1 heterocycles. The summed E-state index contributed by atoms with van der Waals surface area (Å²) in [4.78, 5) is 35.5. The maximum absolute atomic E-state index is 13.5. The first kappa shape index (κ1) is 13.9. The Morgan fingerprint density at radius 2 is 2.00 bits per heavy atom. The highest BCUT2D eigenvalue weighted by Crippen LogP contribution is 2.19. The molecular formula is C12H12FN3O4. The van der Waals surface area contributed by atoms with Crippen LogP contribution in [0.5, 0.6) is 0 Å². The number of piperazine rings is 1. The summed E-state index contributed by atoms with van der Waals surface area (Å²) in [6.07, 6.45) is 0. The van der Waals surface area contributed by atoms with Gasteiger partial charge in [0.1, 0.15) is 0 Å². The number of carbonyl (C=O) groups excluding carboxylic acids is 2. The molecule has 0 atom stereocenters. The number of rotatable bonds is 3. The van der Waals surface area contributed by atoms with Crippen LogP contribution in [0.15, 0.2) is 18.2 Å². The normalized spacial score (nSPS) is 15.7. The number of hydrogen-bond donors (Lipinski definition) is 0. The van der Waals surface area contributed by atoms with Crippen molar-refractivity contribution in [3.63, 3.8) is 0 Å². The van der Waals surface area contributed by atoms with Gasteiger partial charge in [-0.3, -0.25) is 19.7 Å². The molecule has 1 aliphatic heterocycles. The molecule has 0 saturated carbocycles. The molecule has 8 heteroatoms. The average molecular weight is 281 g/mol. The van der Waals surface area contributed by atoms with Crippen LogP contribution in [0.3, 0.4) is 0 Å². The Balaban J connectivity index is 2.15. The van der Waals surface area contributed by atoms with Crippen LogP contribution < -0.4 is 0 Å². The van der Waals surface area contributed by atoms with Crippen molar-refractivity contribution in [1.29, 1.82) is 0 Å². The molecule has 0 aliphatic carbocycles. The van der Waals surface area contributed by atoms with Crippen molar-refractivity contribution in [3.05, 3.63) is 39.7 Å². The molecule has 0 N–H and O–H groups in total. The number of hydrogen-bond acceptors (Lipinski definition) is 4. The molecule has 1 aromatic rings. The quantitative estimate of drug-likeness (QED) is 0.459. The highest BCUT2D eigenvalue weighted by Gasteiger charge is 2.30. The monoisotopic (exact) mass is 281 g/mol. The van der Waals surface area contributed by atoms with Crippen LogP contribution in [0.25, 0.3) is 0 Å². The summed E-state index contributed by atoms with van der Waals surface area (Å²) in [6, 6.07) is 3.43. The molecule has 1 saturated heterocycles. The van der Waals surface area contributed by atoms with Gasteiger partial charge < -0.3 is 9.80 Å². The summed E-state index contributed by atoms with van der Waals surface area (Å²) in [5.74, 6) is -2.23. The second kappa shape index (κ2) is 5.24. The fourth-order valence-corrected chi connectivity index (χ4v) is 1.94. The molecular weight excluding hydrogens is 269 g/mol. The first-order valence-corrected chi connectivity index (χ1v) is 5.87. The lowest BCUT2D eigenvalue weighted by atomic mass is 10.1. The van der Waals surface area contributed by atoms with Crippen molar-refractivity contribution in [1.82, 2.24) is 9.80 Å². The van der Waals surface area contributed by atoms with E-state index in [4.69, 9.17) is 0 Å². The molecule has 1 fully saturated rings. The van der Waals surface area contributed by atoms with Gasteiger partial charge in [-0.05, 0) is 11.6 Å². The molecule has 106 valence electrons. The predicted molar refractivity (Wildman–Crippen MR) is 66.1 cm³/mol. The van der Waals surface area contributed by atoms with Gasteiger partial charge in [0.2, 0.25) is 5.82 Å². The number of nitro groups is 1. The molecule has 0 unspecified atom stereocenters. The molecule has 7 nitrogen and oxygen atoms in total. The minimum atomic E-state index is -0.958. The van der Waals surface area contributed by atoms with Crippen molar-refractivity contribution in [2.75, 3.05) is 20.1 Å². The van der Waals surface area contributed by atoms with Crippen molar-refractivity contribution < 1.29 is 18.9 Å². The van der Waals surface area contributed by atoms with Crippen LogP contribution in [-0.2, 0) is 16.1 Å². The first-order valence-electron chi connectivity index (χ1n) is 5.87. The molecule has 0 bridgehead atoms. The predicted octanol–water partition coefficient (Wildman–Crippen LogP) is 0.534. The second-order valence-corrected chi connectivity index (χ2v) is 4.50. The van der Waals surface area contributed by atoms with E-state index in [1.165, 1.54) is 22.9 Å². The molecule has 0 aromatic heterocycles. The number of carbonyl (C=O) groups is 2. The number of likely N-dealkylation sites (N-methyl/N-ethyl adjacent to an activating group) is 1. The van der Waals surface area contributed by atoms with Gasteiger partial charge >= 0.3 is 17.5 Å². The molecule has 1 aliphatic rings. The first-order chi connectivity index (χ1) is 9.40. The topological polar surface area (TPSA) is 83.8 Å². The summed E-state index contributed by atoms with van der Waals surface area (Å²) in [6.45, 7) is 0.799. The maximum atomic E-state index is 13.5. The highest BCUT2D eigenvalue weighted by molar-refractivity contribution is 6.35. The summed E-state index contributed by atoms with van der Waals surface area (Å²) in [7, 11) is 1.53. The van der Waals surface area contributed by atoms with Crippen molar-refractivity contribution in [3.8, 4) is 0 Å². The Morgan fingerprint density at radius 3 is 2.60 bits per heavy atom. The lowest BCUT2D eigenvalue weighted by Crippen LogP contribution is -2.52. The average Bonchev–Trinajstić information content (AvgIpc) is 2.39. The van der Waals surface area contributed by atoms with Gasteiger partial charge in [-0.1, -0.05) is 6.07 Å². The van der Waals surface area contributed by atoms with E-state index >= 15 is 0 Å². The van der Waals surface area contributed by atoms with Gasteiger partial charge in [-0.25, -0.2) is 0 Å². The van der Waals surface area contributed by atoms with Gasteiger partial charge in [0.15, 0.2) is 0 Å². The third-order valence-electron chi connectivity index (χ3n) is 3.10. The second-order valence-electron chi connectivity index (χ2n) is 4.50. The zero-order chi connectivity index (χ0) is 14.9. The molecule has 20 heavy (non-hydrogen) atoms. The number of halogens is 1. The fraction of sp³-hybridized carbons (Fsp3) is 0.333. The van der Waals surface area contributed by atoms with Crippen LogP contribution in [0.2, 0.25) is 0 Å². The minimum Gasteiger partial charge on any atom is -0.336 e. The van der Waals surface area contributed by atoms with E-state index in [9.17, 15) is 24.1 Å². The van der Waals surface area contributed by atoms with Gasteiger partial charge in [0.05, 0.1) is 4.92 Å². The summed E-state index contributed by atoms with van der Waals surface area (Å²) < 4.78 is 13.5. The SMILES string of the molecule is CN1CCN(Cc2ccc([N+](=O)[O-])c(F)c2)C(=O)C1=O. The molecule has 2 amide bonds. The van der Waals surface area contributed by atoms with Crippen molar-refractivity contribution in [2.24, 2.45) is 0 Å². The van der Waals surface area contributed by atoms with Crippen LogP contribution in [-0.4, -0.2) is 46.7 Å². The smallest absolute Gasteiger partial charge is 0.312 e. The van der Waals surface area contributed by atoms with E-state index in [0.717, 1.165) is 12.1 Å². The molecule has 0 radical (unpaired) electrons. The summed E-state index contributed by atoms with van der Waals surface area (Å²) >= 11 is 0. The highest BCUT2D eigenvalue weighted by atomic mass is 19.1. The van der Waals surface area contributed by atoms with Crippen LogP contribution in [0, 0.1) is 15.9 Å². The third-order valence-corrected chi connectivity index (χ3v) is 3.10. The van der Waals surface area contributed by atoms with Crippen LogP contribution in [0.4, 0.5) is 10.1 Å². The van der Waals surface area contributed by atoms with Gasteiger partial charge in [-0.2, -0.15) is 4.39 Å². The van der Waals surface area contributed by atoms with E-state index in [1.807, 2.05) is 0 Å². The number of nitro benzene ring substituents is 1. The van der Waals surface area contributed by atoms with E-state index in [1.54, 1.807) is 0 Å². The molecule has 0 spiro atoms.